The number of nitrogens with zero attached hydrogens (tertiary/aromatic N) is 2. The molecule has 12 nitrogen and oxygen atoms in total. The fourth-order valence-corrected chi connectivity index (χ4v) is 6.49. The molecule has 0 radical (unpaired) electrons. The van der Waals surface area contributed by atoms with Crippen molar-refractivity contribution in [1.29, 1.82) is 0 Å². The summed E-state index contributed by atoms with van der Waals surface area (Å²) < 4.78 is 10.7. The first kappa shape index (κ1) is 46.6. The molecule has 4 aliphatic rings. The van der Waals surface area contributed by atoms with Crippen LogP contribution in [-0.2, 0) is 19.1 Å². The van der Waals surface area contributed by atoms with Crippen LogP contribution in [0.3, 0.4) is 0 Å². The standard InChI is InChI=1S/C19H34N2O3.C10H20N2O2.C8H15NO2.Na/c1-5-14-6-7-16(20-13-14)17(22)12-15-8-10-21(11-9-15)18(23)24-19(2,3)4;1-10(2,3)14-9(13)12-6-4-8(11)5-7-12;1-2-6-3-4-7(8(10)11)9-5-6;/h14-16,20H,5-13H2,1-4H3;8H,4-7,11H2,1-3H3;6-7,9H,2-5H2,1H3,(H,10,11);/q;;;+1/p-1/t14-,16+;;6-,7+;/m1.1./s1. The molecule has 0 spiro atoms. The summed E-state index contributed by atoms with van der Waals surface area (Å²) in [6.07, 6.45) is 9.95. The van der Waals surface area contributed by atoms with Gasteiger partial charge < -0.3 is 45.5 Å². The molecule has 4 heterocycles. The van der Waals surface area contributed by atoms with Gasteiger partial charge in [-0.3, -0.25) is 4.79 Å². The number of hydrogen-bond donors (Lipinski definition) is 3. The molecule has 4 fully saturated rings. The maximum Gasteiger partial charge on any atom is 1.00 e. The van der Waals surface area contributed by atoms with E-state index in [0.29, 0.717) is 37.1 Å². The maximum absolute atomic E-state index is 12.5. The average molecular weight is 718 g/mol. The molecule has 0 aromatic rings. The SMILES string of the molecule is CC(C)(C)OC(=O)N1CCC(N)CC1.CC[C@@H]1CC[C@@H](C(=O)CC2CCN(C(=O)OC(C)(C)C)CC2)NC1.CC[C@@H]1CC[C@@H](C(=O)[O-])NC1.[Na+]. The van der Waals surface area contributed by atoms with E-state index in [2.05, 4.69) is 24.5 Å². The van der Waals surface area contributed by atoms with Crippen LogP contribution in [0.1, 0.15) is 126 Å². The van der Waals surface area contributed by atoms with E-state index in [-0.39, 0.29) is 53.8 Å². The van der Waals surface area contributed by atoms with Gasteiger partial charge in [0.05, 0.1) is 12.0 Å². The quantitative estimate of drug-likeness (QED) is 0.341. The third-order valence-electron chi connectivity index (χ3n) is 9.81. The van der Waals surface area contributed by atoms with E-state index in [1.165, 1.54) is 6.42 Å². The summed E-state index contributed by atoms with van der Waals surface area (Å²) in [5, 5.41) is 16.8. The number of carboxylic acids is 1. The molecule has 13 heteroatoms. The van der Waals surface area contributed by atoms with Gasteiger partial charge in [0.15, 0.2) is 0 Å². The van der Waals surface area contributed by atoms with Crippen LogP contribution in [0, 0.1) is 17.8 Å². The molecule has 0 aromatic heterocycles. The molecule has 0 saturated carbocycles. The molecule has 0 aromatic carbocycles. The molecule has 50 heavy (non-hydrogen) atoms. The fourth-order valence-electron chi connectivity index (χ4n) is 6.49. The zero-order valence-corrected chi connectivity index (χ0v) is 34.8. The van der Waals surface area contributed by atoms with Gasteiger partial charge in [-0.15, -0.1) is 0 Å². The van der Waals surface area contributed by atoms with Gasteiger partial charge >= 0.3 is 41.7 Å². The number of nitrogens with two attached hydrogens (primary N) is 1. The predicted molar refractivity (Wildman–Crippen MR) is 190 cm³/mol. The summed E-state index contributed by atoms with van der Waals surface area (Å²) in [5.41, 5.74) is 4.89. The number of carbonyl (C=O) groups is 4. The maximum atomic E-state index is 12.5. The third-order valence-corrected chi connectivity index (χ3v) is 9.81. The second-order valence-corrected chi connectivity index (χ2v) is 16.3. The van der Waals surface area contributed by atoms with Crippen molar-refractivity contribution < 1.29 is 63.3 Å². The number of carboxylic acid groups (broad SMARTS) is 1. The van der Waals surface area contributed by atoms with Gasteiger partial charge in [0.1, 0.15) is 17.0 Å². The Balaban J connectivity index is 0.000000408. The Morgan fingerprint density at radius 3 is 1.40 bits per heavy atom. The van der Waals surface area contributed by atoms with Crippen molar-refractivity contribution in [3.63, 3.8) is 0 Å². The Labute approximate surface area is 324 Å². The molecule has 4 N–H and O–H groups in total. The monoisotopic (exact) mass is 718 g/mol. The van der Waals surface area contributed by atoms with Gasteiger partial charge in [0.2, 0.25) is 0 Å². The molecule has 4 atom stereocenters. The molecule has 284 valence electrons. The Kier molecular flexibility index (Phi) is 21.0. The van der Waals surface area contributed by atoms with Crippen LogP contribution in [0.5, 0.6) is 0 Å². The van der Waals surface area contributed by atoms with Crippen molar-refractivity contribution in [3.8, 4) is 0 Å². The minimum absolute atomic E-state index is 0. The first-order valence-electron chi connectivity index (χ1n) is 18.8. The van der Waals surface area contributed by atoms with Crippen molar-refractivity contribution in [2.24, 2.45) is 23.5 Å². The zero-order chi connectivity index (χ0) is 36.8. The van der Waals surface area contributed by atoms with Crippen molar-refractivity contribution in [2.75, 3.05) is 39.3 Å². The van der Waals surface area contributed by atoms with E-state index in [0.717, 1.165) is 89.9 Å². The van der Waals surface area contributed by atoms with Crippen LogP contribution in [0.2, 0.25) is 0 Å². The van der Waals surface area contributed by atoms with Gasteiger partial charge in [0, 0.05) is 44.7 Å². The fraction of sp³-hybridized carbons (Fsp3) is 0.892. The second-order valence-electron chi connectivity index (χ2n) is 16.3. The summed E-state index contributed by atoms with van der Waals surface area (Å²) in [5.74, 6) is 1.19. The molecular weight excluding hydrogens is 649 g/mol. The van der Waals surface area contributed by atoms with E-state index >= 15 is 0 Å². The minimum Gasteiger partial charge on any atom is -0.548 e. The molecule has 0 unspecified atom stereocenters. The number of carbonyl (C=O) groups excluding carboxylic acids is 4. The number of hydrogen-bond acceptors (Lipinski definition) is 10. The van der Waals surface area contributed by atoms with E-state index in [4.69, 9.17) is 15.2 Å². The summed E-state index contributed by atoms with van der Waals surface area (Å²) in [7, 11) is 0. The van der Waals surface area contributed by atoms with Crippen molar-refractivity contribution in [3.05, 3.63) is 0 Å². The number of nitrogens with one attached hydrogen (secondary N) is 2. The first-order valence-corrected chi connectivity index (χ1v) is 18.8. The summed E-state index contributed by atoms with van der Waals surface area (Å²) in [6.45, 7) is 20.3. The van der Waals surface area contributed by atoms with Crippen molar-refractivity contribution in [2.45, 2.75) is 155 Å². The Bertz CT molecular complexity index is 1020. The summed E-state index contributed by atoms with van der Waals surface area (Å²) in [4.78, 5) is 50.0. The number of rotatable bonds is 6. The van der Waals surface area contributed by atoms with Gasteiger partial charge in [-0.25, -0.2) is 9.59 Å². The molecule has 4 aliphatic heterocycles. The average Bonchev–Trinajstić information content (AvgIpc) is 3.04. The van der Waals surface area contributed by atoms with Crippen LogP contribution in [0.25, 0.3) is 0 Å². The summed E-state index contributed by atoms with van der Waals surface area (Å²) >= 11 is 0. The Hall–Kier alpha value is -1.44. The minimum atomic E-state index is -0.959. The van der Waals surface area contributed by atoms with Crippen LogP contribution in [0.15, 0.2) is 0 Å². The van der Waals surface area contributed by atoms with E-state index in [1.54, 1.807) is 9.80 Å². The normalized spacial score (nSPS) is 25.1. The van der Waals surface area contributed by atoms with Gasteiger partial charge in [-0.05, 0) is 124 Å². The second kappa shape index (κ2) is 22.6. The predicted octanol–water partition coefficient (Wildman–Crippen LogP) is 1.23. The van der Waals surface area contributed by atoms with Gasteiger partial charge in [-0.2, -0.15) is 0 Å². The number of amides is 2. The molecule has 2 amide bonds. The molecule has 4 saturated heterocycles. The van der Waals surface area contributed by atoms with Crippen molar-refractivity contribution >= 4 is 23.9 Å². The summed E-state index contributed by atoms with van der Waals surface area (Å²) in [6, 6.07) is -0.108. The number of Topliss-reactive ketones (excluding diaryl/α,β-unsaturated/α-hetero) is 1. The van der Waals surface area contributed by atoms with Crippen molar-refractivity contribution in [1.82, 2.24) is 20.4 Å². The zero-order valence-electron chi connectivity index (χ0n) is 32.8. The van der Waals surface area contributed by atoms with E-state index in [1.807, 2.05) is 41.5 Å². The Morgan fingerprint density at radius 1 is 0.660 bits per heavy atom. The van der Waals surface area contributed by atoms with Gasteiger partial charge in [-0.1, -0.05) is 26.7 Å². The molecular formula is C37H68N5NaO7. The van der Waals surface area contributed by atoms with E-state index in [9.17, 15) is 24.3 Å². The number of aliphatic carboxylic acids is 1. The molecule has 4 rings (SSSR count). The van der Waals surface area contributed by atoms with Crippen LogP contribution >= 0.6 is 0 Å². The van der Waals surface area contributed by atoms with Crippen LogP contribution in [0.4, 0.5) is 9.59 Å². The van der Waals surface area contributed by atoms with Crippen LogP contribution in [-0.4, -0.2) is 102 Å². The number of ketones is 1. The molecule has 0 bridgehead atoms. The topological polar surface area (TPSA) is 166 Å². The number of likely N-dealkylation sites (tertiary alicyclic amines) is 2. The van der Waals surface area contributed by atoms with Gasteiger partial charge in [0.25, 0.3) is 0 Å². The smallest absolute Gasteiger partial charge is 0.548 e. The third kappa shape index (κ3) is 18.4. The largest absolute Gasteiger partial charge is 1.00 e. The first-order chi connectivity index (χ1) is 22.9. The Morgan fingerprint density at radius 2 is 1.06 bits per heavy atom. The van der Waals surface area contributed by atoms with E-state index < -0.39 is 23.2 Å². The molecule has 0 aliphatic carbocycles. The number of piperidine rings is 4. The number of ether oxygens (including phenoxy) is 2. The van der Waals surface area contributed by atoms with Crippen LogP contribution < -0.4 is 51.0 Å².